The molecule has 5 heteroatoms. The van der Waals surface area contributed by atoms with Crippen LogP contribution in [0.3, 0.4) is 0 Å². The highest BCUT2D eigenvalue weighted by atomic mass is 16.3. The number of carbonyl (C=O) groups excluding carboxylic acids is 2. The van der Waals surface area contributed by atoms with E-state index in [2.05, 4.69) is 10.6 Å². The second-order valence-corrected chi connectivity index (χ2v) is 6.81. The van der Waals surface area contributed by atoms with Gasteiger partial charge in [0.15, 0.2) is 0 Å². The Labute approximate surface area is 136 Å². The summed E-state index contributed by atoms with van der Waals surface area (Å²) in [5.41, 5.74) is 0.347. The van der Waals surface area contributed by atoms with Crippen molar-refractivity contribution in [1.29, 1.82) is 0 Å². The summed E-state index contributed by atoms with van der Waals surface area (Å²) in [6.07, 6.45) is 6.53. The quantitative estimate of drug-likeness (QED) is 0.752. The molecule has 5 nitrogen and oxygen atoms in total. The van der Waals surface area contributed by atoms with E-state index in [1.54, 1.807) is 12.1 Å². The normalized spacial score (nSPS) is 25.3. The van der Waals surface area contributed by atoms with E-state index >= 15 is 0 Å². The number of rotatable bonds is 6. The highest BCUT2D eigenvalue weighted by Crippen LogP contribution is 2.49. The van der Waals surface area contributed by atoms with Gasteiger partial charge in [-0.3, -0.25) is 9.59 Å². The predicted octanol–water partition coefficient (Wildman–Crippen LogP) is 2.06. The number of phenols is 1. The largest absolute Gasteiger partial charge is 0.508 e. The molecular formula is C18H24N2O3. The summed E-state index contributed by atoms with van der Waals surface area (Å²) in [4.78, 5) is 23.7. The van der Waals surface area contributed by atoms with Gasteiger partial charge in [0.1, 0.15) is 5.75 Å². The van der Waals surface area contributed by atoms with Crippen molar-refractivity contribution < 1.29 is 14.7 Å². The van der Waals surface area contributed by atoms with E-state index in [4.69, 9.17) is 0 Å². The number of hydrogen-bond acceptors (Lipinski definition) is 3. The minimum absolute atomic E-state index is 0.0352. The van der Waals surface area contributed by atoms with Gasteiger partial charge >= 0.3 is 0 Å². The maximum Gasteiger partial charge on any atom is 0.251 e. The first-order valence-electron chi connectivity index (χ1n) is 8.45. The molecule has 2 aliphatic carbocycles. The summed E-state index contributed by atoms with van der Waals surface area (Å²) in [7, 11) is 0. The molecule has 124 valence electrons. The Balaban J connectivity index is 1.34. The van der Waals surface area contributed by atoms with Crippen molar-refractivity contribution in [3.05, 3.63) is 29.8 Å². The summed E-state index contributed by atoms with van der Waals surface area (Å²) in [6.45, 7) is 0.653. The number of carbonyl (C=O) groups is 2. The standard InChI is InChI=1S/C18H24N2O3/c21-16-3-1-2-15(10-16)18(23)20-11-17(22)19-7-6-14-9-12-4-5-13(14)8-12/h1-3,10,12-14,21H,4-9,11H2,(H,19,22)(H,20,23)/t12-,13-,14+/m0/s1. The fourth-order valence-corrected chi connectivity index (χ4v) is 4.10. The van der Waals surface area contributed by atoms with Gasteiger partial charge in [0.25, 0.3) is 5.91 Å². The molecule has 1 aromatic carbocycles. The molecule has 2 amide bonds. The van der Waals surface area contributed by atoms with E-state index in [9.17, 15) is 14.7 Å². The number of amides is 2. The van der Waals surface area contributed by atoms with Crippen LogP contribution in [0.1, 0.15) is 42.5 Å². The molecule has 0 saturated heterocycles. The van der Waals surface area contributed by atoms with Gasteiger partial charge in [-0.1, -0.05) is 12.5 Å². The third-order valence-electron chi connectivity index (χ3n) is 5.24. The fourth-order valence-electron chi connectivity index (χ4n) is 4.10. The minimum Gasteiger partial charge on any atom is -0.508 e. The van der Waals surface area contributed by atoms with Gasteiger partial charge in [-0.05, 0) is 61.6 Å². The average Bonchev–Trinajstić information content (AvgIpc) is 3.15. The third kappa shape index (κ3) is 4.03. The topological polar surface area (TPSA) is 78.4 Å². The number of nitrogens with one attached hydrogen (secondary N) is 2. The zero-order chi connectivity index (χ0) is 16.2. The van der Waals surface area contributed by atoms with Crippen LogP contribution in [0, 0.1) is 17.8 Å². The highest BCUT2D eigenvalue weighted by molar-refractivity contribution is 5.96. The number of hydrogen-bond donors (Lipinski definition) is 3. The number of benzene rings is 1. The third-order valence-corrected chi connectivity index (χ3v) is 5.24. The Bertz CT molecular complexity index is 587. The zero-order valence-corrected chi connectivity index (χ0v) is 13.3. The first-order chi connectivity index (χ1) is 11.1. The van der Waals surface area contributed by atoms with Crippen LogP contribution in [0.2, 0.25) is 0 Å². The minimum atomic E-state index is -0.357. The molecule has 0 heterocycles. The van der Waals surface area contributed by atoms with Gasteiger partial charge in [0.2, 0.25) is 5.91 Å². The number of aromatic hydroxyl groups is 1. The molecule has 2 bridgehead atoms. The van der Waals surface area contributed by atoms with E-state index in [0.29, 0.717) is 12.1 Å². The zero-order valence-electron chi connectivity index (χ0n) is 13.3. The van der Waals surface area contributed by atoms with Crippen molar-refractivity contribution in [2.75, 3.05) is 13.1 Å². The van der Waals surface area contributed by atoms with E-state index in [0.717, 1.165) is 24.2 Å². The van der Waals surface area contributed by atoms with E-state index in [1.807, 2.05) is 0 Å². The Hall–Kier alpha value is -2.04. The van der Waals surface area contributed by atoms with E-state index in [1.165, 1.54) is 37.8 Å². The SMILES string of the molecule is O=C(CNC(=O)c1cccc(O)c1)NCC[C@@H]1C[C@H]2CC[C@H]1C2. The lowest BCUT2D eigenvalue weighted by atomic mass is 9.86. The molecule has 3 N–H and O–H groups in total. The highest BCUT2D eigenvalue weighted by Gasteiger charge is 2.38. The molecule has 0 aromatic heterocycles. The summed E-state index contributed by atoms with van der Waals surface area (Å²) in [6, 6.07) is 6.07. The number of fused-ring (bicyclic) bond motifs is 2. The Morgan fingerprint density at radius 2 is 2.04 bits per heavy atom. The van der Waals surface area contributed by atoms with Crippen LogP contribution in [0.25, 0.3) is 0 Å². The van der Waals surface area contributed by atoms with Crippen LogP contribution in [0.5, 0.6) is 5.75 Å². The van der Waals surface area contributed by atoms with Crippen LogP contribution in [0.4, 0.5) is 0 Å². The van der Waals surface area contributed by atoms with Crippen molar-refractivity contribution in [3.63, 3.8) is 0 Å². The van der Waals surface area contributed by atoms with Crippen molar-refractivity contribution in [2.24, 2.45) is 17.8 Å². The molecule has 2 aliphatic rings. The van der Waals surface area contributed by atoms with Gasteiger partial charge in [-0.15, -0.1) is 0 Å². The van der Waals surface area contributed by atoms with Crippen LogP contribution in [0.15, 0.2) is 24.3 Å². The molecule has 0 unspecified atom stereocenters. The van der Waals surface area contributed by atoms with E-state index in [-0.39, 0.29) is 24.1 Å². The molecule has 0 spiro atoms. The van der Waals surface area contributed by atoms with Gasteiger partial charge in [0, 0.05) is 12.1 Å². The molecule has 0 aliphatic heterocycles. The van der Waals surface area contributed by atoms with Crippen LogP contribution < -0.4 is 10.6 Å². The van der Waals surface area contributed by atoms with E-state index < -0.39 is 0 Å². The monoisotopic (exact) mass is 316 g/mol. The summed E-state index contributed by atoms with van der Waals surface area (Å²) in [5.74, 6) is 2.10. The number of phenolic OH excluding ortho intramolecular Hbond substituents is 1. The Morgan fingerprint density at radius 3 is 2.74 bits per heavy atom. The molecule has 3 rings (SSSR count). The van der Waals surface area contributed by atoms with Gasteiger partial charge in [0.05, 0.1) is 6.54 Å². The first-order valence-corrected chi connectivity index (χ1v) is 8.45. The summed E-state index contributed by atoms with van der Waals surface area (Å²) < 4.78 is 0. The molecule has 2 saturated carbocycles. The summed E-state index contributed by atoms with van der Waals surface area (Å²) in [5, 5.41) is 14.8. The lowest BCUT2D eigenvalue weighted by Crippen LogP contribution is -2.37. The molecular weight excluding hydrogens is 292 g/mol. The second-order valence-electron chi connectivity index (χ2n) is 6.81. The predicted molar refractivity (Wildman–Crippen MR) is 87.0 cm³/mol. The molecule has 2 fully saturated rings. The van der Waals surface area contributed by atoms with Crippen molar-refractivity contribution in [1.82, 2.24) is 10.6 Å². The maximum absolute atomic E-state index is 11.9. The van der Waals surface area contributed by atoms with Crippen LogP contribution >= 0.6 is 0 Å². The van der Waals surface area contributed by atoms with Crippen molar-refractivity contribution in [3.8, 4) is 5.75 Å². The molecule has 0 radical (unpaired) electrons. The van der Waals surface area contributed by atoms with Crippen molar-refractivity contribution in [2.45, 2.75) is 32.1 Å². The maximum atomic E-state index is 11.9. The lowest BCUT2D eigenvalue weighted by molar-refractivity contribution is -0.120. The Morgan fingerprint density at radius 1 is 1.17 bits per heavy atom. The van der Waals surface area contributed by atoms with Crippen LogP contribution in [-0.4, -0.2) is 30.0 Å². The second kappa shape index (κ2) is 7.02. The first kappa shape index (κ1) is 15.8. The summed E-state index contributed by atoms with van der Waals surface area (Å²) >= 11 is 0. The molecule has 3 atom stereocenters. The van der Waals surface area contributed by atoms with Gasteiger partial charge < -0.3 is 15.7 Å². The average molecular weight is 316 g/mol. The van der Waals surface area contributed by atoms with Crippen molar-refractivity contribution >= 4 is 11.8 Å². The fraction of sp³-hybridized carbons (Fsp3) is 0.556. The Kier molecular flexibility index (Phi) is 4.84. The van der Waals surface area contributed by atoms with Crippen LogP contribution in [-0.2, 0) is 4.79 Å². The lowest BCUT2D eigenvalue weighted by Gasteiger charge is -2.21. The molecule has 23 heavy (non-hydrogen) atoms. The smallest absolute Gasteiger partial charge is 0.251 e. The molecule has 1 aromatic rings. The van der Waals surface area contributed by atoms with Gasteiger partial charge in [-0.25, -0.2) is 0 Å². The van der Waals surface area contributed by atoms with Gasteiger partial charge in [-0.2, -0.15) is 0 Å².